The Balaban J connectivity index is 2.53. The average Bonchev–Trinajstić information content (AvgIpc) is 2.29. The lowest BCUT2D eigenvalue weighted by Crippen LogP contribution is -2.07. The van der Waals surface area contributed by atoms with Gasteiger partial charge in [-0.2, -0.15) is 0 Å². The fourth-order valence-electron chi connectivity index (χ4n) is 1.63. The van der Waals surface area contributed by atoms with Crippen molar-refractivity contribution in [3.05, 3.63) is 42.2 Å². The van der Waals surface area contributed by atoms with Crippen LogP contribution in [0.4, 0.5) is 0 Å². The van der Waals surface area contributed by atoms with Crippen molar-refractivity contribution in [3.8, 4) is 0 Å². The van der Waals surface area contributed by atoms with E-state index in [1.54, 1.807) is 19.3 Å². The summed E-state index contributed by atoms with van der Waals surface area (Å²) < 4.78 is 23.2. The van der Waals surface area contributed by atoms with Crippen LogP contribution in [-0.4, -0.2) is 19.2 Å². The lowest BCUT2D eigenvalue weighted by molar-refractivity contribution is 0.596. The highest BCUT2D eigenvalue weighted by Crippen LogP contribution is 2.19. The first-order valence-electron chi connectivity index (χ1n) is 5.14. The van der Waals surface area contributed by atoms with Crippen molar-refractivity contribution in [3.63, 3.8) is 0 Å². The van der Waals surface area contributed by atoms with Gasteiger partial charge in [0.1, 0.15) is 0 Å². The second-order valence-electron chi connectivity index (χ2n) is 3.70. The summed E-state index contributed by atoms with van der Waals surface area (Å²) in [6.07, 6.45) is 3.38. The first kappa shape index (κ1) is 11.1. The summed E-state index contributed by atoms with van der Waals surface area (Å²) in [5.41, 5.74) is 0.778. The molecule has 0 aliphatic heterocycles. The first-order chi connectivity index (χ1) is 7.62. The van der Waals surface area contributed by atoms with Crippen LogP contribution < -0.4 is 0 Å². The molecule has 0 unspecified atom stereocenters. The summed E-state index contributed by atoms with van der Waals surface area (Å²) in [6.45, 7) is 1.66. The predicted molar refractivity (Wildman–Crippen MR) is 64.9 cm³/mol. The monoisotopic (exact) mass is 235 g/mol. The summed E-state index contributed by atoms with van der Waals surface area (Å²) in [5.74, 6) is 0.230. The second kappa shape index (κ2) is 4.22. The van der Waals surface area contributed by atoms with E-state index in [-0.39, 0.29) is 11.5 Å². The molecule has 84 valence electrons. The van der Waals surface area contributed by atoms with Gasteiger partial charge in [-0.25, -0.2) is 8.42 Å². The number of hydrogen-bond donors (Lipinski definition) is 0. The van der Waals surface area contributed by atoms with Crippen LogP contribution in [0.1, 0.15) is 12.5 Å². The van der Waals surface area contributed by atoms with Gasteiger partial charge in [0.2, 0.25) is 0 Å². The van der Waals surface area contributed by atoms with Gasteiger partial charge in [0.05, 0.1) is 5.75 Å². The molecule has 16 heavy (non-hydrogen) atoms. The third-order valence-corrected chi connectivity index (χ3v) is 4.20. The minimum Gasteiger partial charge on any atom is -0.264 e. The number of benzene rings is 1. The highest BCUT2D eigenvalue weighted by atomic mass is 32.2. The topological polar surface area (TPSA) is 47.0 Å². The highest BCUT2D eigenvalue weighted by Gasteiger charge is 2.11. The Morgan fingerprint density at radius 1 is 1.19 bits per heavy atom. The Morgan fingerprint density at radius 3 is 2.69 bits per heavy atom. The average molecular weight is 235 g/mol. The van der Waals surface area contributed by atoms with Crippen LogP contribution in [-0.2, 0) is 15.6 Å². The lowest BCUT2D eigenvalue weighted by Gasteiger charge is -2.05. The van der Waals surface area contributed by atoms with Crippen molar-refractivity contribution >= 4 is 20.6 Å². The fraction of sp³-hybridized carbons (Fsp3) is 0.250. The summed E-state index contributed by atoms with van der Waals surface area (Å²) >= 11 is 0. The van der Waals surface area contributed by atoms with E-state index in [0.717, 1.165) is 16.3 Å². The summed E-state index contributed by atoms with van der Waals surface area (Å²) in [5, 5.41) is 1.95. The molecule has 4 heteroatoms. The van der Waals surface area contributed by atoms with E-state index >= 15 is 0 Å². The molecule has 0 spiro atoms. The van der Waals surface area contributed by atoms with Crippen LogP contribution in [0, 0.1) is 0 Å². The normalized spacial score (nSPS) is 11.8. The molecule has 0 bridgehead atoms. The van der Waals surface area contributed by atoms with Gasteiger partial charge < -0.3 is 0 Å². The molecular weight excluding hydrogens is 222 g/mol. The molecule has 0 aliphatic rings. The molecule has 0 amide bonds. The van der Waals surface area contributed by atoms with Gasteiger partial charge >= 0.3 is 0 Å². The number of nitrogens with zero attached hydrogens (tertiary/aromatic N) is 1. The van der Waals surface area contributed by atoms with Gasteiger partial charge in [0.15, 0.2) is 9.84 Å². The molecule has 2 aromatic rings. The van der Waals surface area contributed by atoms with E-state index in [2.05, 4.69) is 4.98 Å². The number of pyridine rings is 1. The van der Waals surface area contributed by atoms with Gasteiger partial charge in [0.25, 0.3) is 0 Å². The van der Waals surface area contributed by atoms with Crippen molar-refractivity contribution in [1.82, 2.24) is 4.98 Å². The Labute approximate surface area is 95.1 Å². The molecule has 0 aliphatic carbocycles. The maximum atomic E-state index is 11.6. The van der Waals surface area contributed by atoms with E-state index < -0.39 is 9.84 Å². The Morgan fingerprint density at radius 2 is 1.94 bits per heavy atom. The van der Waals surface area contributed by atoms with Crippen LogP contribution in [0.3, 0.4) is 0 Å². The van der Waals surface area contributed by atoms with Crippen LogP contribution in [0.2, 0.25) is 0 Å². The largest absolute Gasteiger partial charge is 0.264 e. The predicted octanol–water partition coefficient (Wildman–Crippen LogP) is 2.17. The number of rotatable bonds is 3. The minimum absolute atomic E-state index is 0.0673. The molecular formula is C12H13NO2S. The quantitative estimate of drug-likeness (QED) is 0.819. The smallest absolute Gasteiger partial charge is 0.154 e. The van der Waals surface area contributed by atoms with Crippen LogP contribution in [0.15, 0.2) is 36.7 Å². The number of fused-ring (bicyclic) bond motifs is 1. The highest BCUT2D eigenvalue weighted by molar-refractivity contribution is 7.90. The molecule has 1 aromatic heterocycles. The molecule has 2 rings (SSSR count). The van der Waals surface area contributed by atoms with Crippen LogP contribution >= 0.6 is 0 Å². The summed E-state index contributed by atoms with van der Waals surface area (Å²) in [6, 6.07) is 7.69. The molecule has 0 fully saturated rings. The molecule has 0 atom stereocenters. The van der Waals surface area contributed by atoms with E-state index in [1.807, 2.05) is 24.3 Å². The van der Waals surface area contributed by atoms with Gasteiger partial charge in [-0.15, -0.1) is 0 Å². The maximum absolute atomic E-state index is 11.6. The van der Waals surface area contributed by atoms with Crippen molar-refractivity contribution < 1.29 is 8.42 Å². The molecule has 0 radical (unpaired) electrons. The zero-order valence-corrected chi connectivity index (χ0v) is 9.87. The Hall–Kier alpha value is -1.42. The van der Waals surface area contributed by atoms with Crippen LogP contribution in [0.25, 0.3) is 10.8 Å². The Bertz CT molecular complexity index is 600. The summed E-state index contributed by atoms with van der Waals surface area (Å²) in [7, 11) is -3.00. The van der Waals surface area contributed by atoms with Gasteiger partial charge in [-0.05, 0) is 10.9 Å². The van der Waals surface area contributed by atoms with Crippen molar-refractivity contribution in [2.75, 3.05) is 5.75 Å². The summed E-state index contributed by atoms with van der Waals surface area (Å²) in [4.78, 5) is 4.07. The number of sulfone groups is 1. The number of hydrogen-bond acceptors (Lipinski definition) is 3. The van der Waals surface area contributed by atoms with Crippen LogP contribution in [0.5, 0.6) is 0 Å². The van der Waals surface area contributed by atoms with E-state index in [9.17, 15) is 8.42 Å². The molecule has 0 N–H and O–H groups in total. The molecule has 0 saturated carbocycles. The fourth-order valence-corrected chi connectivity index (χ4v) is 2.54. The second-order valence-corrected chi connectivity index (χ2v) is 6.05. The molecule has 0 saturated heterocycles. The van der Waals surface area contributed by atoms with Gasteiger partial charge in [-0.3, -0.25) is 4.98 Å². The minimum atomic E-state index is -3.00. The Kier molecular flexibility index (Phi) is 2.92. The third kappa shape index (κ3) is 2.22. The van der Waals surface area contributed by atoms with E-state index in [4.69, 9.17) is 0 Å². The molecule has 1 heterocycles. The van der Waals surface area contributed by atoms with Crippen molar-refractivity contribution in [2.24, 2.45) is 0 Å². The zero-order chi connectivity index (χ0) is 11.6. The van der Waals surface area contributed by atoms with E-state index in [0.29, 0.717) is 0 Å². The van der Waals surface area contributed by atoms with Crippen molar-refractivity contribution in [1.29, 1.82) is 0 Å². The molecule has 3 nitrogen and oxygen atoms in total. The van der Waals surface area contributed by atoms with E-state index in [1.165, 1.54) is 0 Å². The molecule has 1 aromatic carbocycles. The SMILES string of the molecule is CCS(=O)(=O)Cc1cncc2ccccc12. The van der Waals surface area contributed by atoms with Gasteiger partial charge in [0, 0.05) is 23.5 Å². The zero-order valence-electron chi connectivity index (χ0n) is 9.05. The lowest BCUT2D eigenvalue weighted by atomic mass is 10.1. The number of aromatic nitrogens is 1. The standard InChI is InChI=1S/C12H13NO2S/c1-2-16(14,15)9-11-8-13-7-10-5-3-4-6-12(10)11/h3-8H,2,9H2,1H3. The third-order valence-electron chi connectivity index (χ3n) is 2.57. The first-order valence-corrected chi connectivity index (χ1v) is 6.96. The van der Waals surface area contributed by atoms with Crippen molar-refractivity contribution in [2.45, 2.75) is 12.7 Å². The maximum Gasteiger partial charge on any atom is 0.154 e. The van der Waals surface area contributed by atoms with Gasteiger partial charge in [-0.1, -0.05) is 31.2 Å².